The number of benzene rings is 1. The zero-order chi connectivity index (χ0) is 13.9. The maximum atomic E-state index is 9.39. The van der Waals surface area contributed by atoms with Gasteiger partial charge >= 0.3 is 0 Å². The monoisotopic (exact) mass is 272 g/mol. The van der Waals surface area contributed by atoms with Crippen LogP contribution in [0.25, 0.3) is 10.8 Å². The van der Waals surface area contributed by atoms with Crippen LogP contribution in [0.2, 0.25) is 0 Å². The van der Waals surface area contributed by atoms with E-state index in [1.165, 1.54) is 0 Å². The fourth-order valence-electron chi connectivity index (χ4n) is 3.00. The summed E-state index contributed by atoms with van der Waals surface area (Å²) in [6, 6.07) is 10.1. The van der Waals surface area contributed by atoms with Gasteiger partial charge in [0.15, 0.2) is 0 Å². The van der Waals surface area contributed by atoms with Gasteiger partial charge in [0.25, 0.3) is 0 Å². The van der Waals surface area contributed by atoms with Crippen LogP contribution >= 0.6 is 0 Å². The van der Waals surface area contributed by atoms with Gasteiger partial charge in [-0.1, -0.05) is 24.3 Å². The minimum atomic E-state index is -0.0360. The summed E-state index contributed by atoms with van der Waals surface area (Å²) in [6.07, 6.45) is 1.95. The molecule has 1 aromatic carbocycles. The zero-order valence-electron chi connectivity index (χ0n) is 11.5. The number of hydrogen-bond acceptors (Lipinski definition) is 4. The first-order valence-electron chi connectivity index (χ1n) is 7.17. The molecule has 1 fully saturated rings. The number of nitrogens with zero attached hydrogens (tertiary/aromatic N) is 2. The second kappa shape index (κ2) is 5.77. The lowest BCUT2D eigenvalue weighted by molar-refractivity contribution is 0.263. The molecule has 1 aliphatic rings. The van der Waals surface area contributed by atoms with E-state index in [4.69, 9.17) is 5.11 Å². The Morgan fingerprint density at radius 3 is 2.90 bits per heavy atom. The Hall–Kier alpha value is -1.65. The minimum absolute atomic E-state index is 0.0360. The van der Waals surface area contributed by atoms with Crippen molar-refractivity contribution in [3.05, 3.63) is 36.0 Å². The molecule has 0 amide bonds. The molecule has 0 saturated carbocycles. The average Bonchev–Trinajstić information content (AvgIpc) is 2.95. The van der Waals surface area contributed by atoms with Crippen molar-refractivity contribution in [2.24, 2.45) is 5.92 Å². The minimum Gasteiger partial charge on any atom is -0.396 e. The van der Waals surface area contributed by atoms with Gasteiger partial charge in [0, 0.05) is 25.1 Å². The van der Waals surface area contributed by atoms with Crippen molar-refractivity contribution in [3.63, 3.8) is 0 Å². The van der Waals surface area contributed by atoms with Gasteiger partial charge in [0.1, 0.15) is 5.82 Å². The van der Waals surface area contributed by atoms with Crippen LogP contribution in [-0.2, 0) is 6.61 Å². The maximum Gasteiger partial charge on any atom is 0.136 e. The quantitative estimate of drug-likeness (QED) is 0.893. The highest BCUT2D eigenvalue weighted by molar-refractivity contribution is 5.92. The molecule has 1 aliphatic heterocycles. The fraction of sp³-hybridized carbons (Fsp3) is 0.438. The molecule has 1 unspecified atom stereocenters. The molecular weight excluding hydrogens is 252 g/mol. The summed E-state index contributed by atoms with van der Waals surface area (Å²) in [7, 11) is 0. The topological polar surface area (TPSA) is 56.6 Å². The van der Waals surface area contributed by atoms with Crippen molar-refractivity contribution in [2.45, 2.75) is 19.4 Å². The molecule has 4 nitrogen and oxygen atoms in total. The van der Waals surface area contributed by atoms with E-state index in [9.17, 15) is 5.11 Å². The first-order chi connectivity index (χ1) is 9.81. The van der Waals surface area contributed by atoms with Gasteiger partial charge in [-0.3, -0.25) is 0 Å². The lowest BCUT2D eigenvalue weighted by Crippen LogP contribution is -2.22. The van der Waals surface area contributed by atoms with Gasteiger partial charge in [0.2, 0.25) is 0 Å². The summed E-state index contributed by atoms with van der Waals surface area (Å²) in [6.45, 7) is 2.12. The van der Waals surface area contributed by atoms with Gasteiger partial charge in [-0.2, -0.15) is 0 Å². The molecule has 0 radical (unpaired) electrons. The van der Waals surface area contributed by atoms with Gasteiger partial charge in [-0.15, -0.1) is 0 Å². The van der Waals surface area contributed by atoms with E-state index in [0.29, 0.717) is 11.6 Å². The largest absolute Gasteiger partial charge is 0.396 e. The molecule has 4 heteroatoms. The van der Waals surface area contributed by atoms with Crippen LogP contribution in [0.3, 0.4) is 0 Å². The molecule has 20 heavy (non-hydrogen) atoms. The lowest BCUT2D eigenvalue weighted by atomic mass is 10.1. The molecule has 0 spiro atoms. The van der Waals surface area contributed by atoms with Crippen molar-refractivity contribution >= 4 is 16.6 Å². The van der Waals surface area contributed by atoms with Crippen LogP contribution in [0.4, 0.5) is 5.82 Å². The summed E-state index contributed by atoms with van der Waals surface area (Å²) < 4.78 is 0. The predicted octanol–water partition coefficient (Wildman–Crippen LogP) is 1.94. The van der Waals surface area contributed by atoms with Crippen molar-refractivity contribution < 1.29 is 10.2 Å². The number of aromatic nitrogens is 1. The first kappa shape index (κ1) is 13.3. The molecule has 1 saturated heterocycles. The molecule has 2 heterocycles. The van der Waals surface area contributed by atoms with E-state index in [-0.39, 0.29) is 13.2 Å². The van der Waals surface area contributed by atoms with Gasteiger partial charge in [0.05, 0.1) is 12.3 Å². The molecule has 0 aliphatic carbocycles. The predicted molar refractivity (Wildman–Crippen MR) is 79.7 cm³/mol. The molecule has 3 rings (SSSR count). The van der Waals surface area contributed by atoms with Crippen LogP contribution in [0, 0.1) is 5.92 Å². The van der Waals surface area contributed by atoms with E-state index < -0.39 is 0 Å². The Balaban J connectivity index is 1.98. The van der Waals surface area contributed by atoms with E-state index in [1.807, 2.05) is 18.2 Å². The number of aliphatic hydroxyl groups is 2. The Bertz CT molecular complexity index is 600. The molecule has 2 N–H and O–H groups in total. The van der Waals surface area contributed by atoms with Crippen LogP contribution < -0.4 is 4.90 Å². The zero-order valence-corrected chi connectivity index (χ0v) is 11.5. The number of rotatable bonds is 4. The van der Waals surface area contributed by atoms with E-state index in [2.05, 4.69) is 22.0 Å². The summed E-state index contributed by atoms with van der Waals surface area (Å²) in [5.74, 6) is 1.51. The number of anilines is 1. The molecule has 106 valence electrons. The molecule has 2 aromatic rings. The van der Waals surface area contributed by atoms with Crippen molar-refractivity contribution in [1.82, 2.24) is 4.98 Å². The molecular formula is C16H20N2O2. The average molecular weight is 272 g/mol. The number of hydrogen-bond donors (Lipinski definition) is 2. The Morgan fingerprint density at radius 1 is 1.25 bits per heavy atom. The third-order valence-electron chi connectivity index (χ3n) is 4.06. The number of pyridine rings is 1. The Kier molecular flexibility index (Phi) is 3.85. The SMILES string of the molecule is OCCC1CCN(c2nc(CO)cc3ccccc23)C1. The molecule has 0 bridgehead atoms. The Morgan fingerprint density at radius 2 is 2.10 bits per heavy atom. The Labute approximate surface area is 118 Å². The second-order valence-electron chi connectivity index (χ2n) is 5.43. The van der Waals surface area contributed by atoms with Crippen molar-refractivity contribution in [1.29, 1.82) is 0 Å². The number of aliphatic hydroxyl groups excluding tert-OH is 2. The molecule has 1 aromatic heterocycles. The van der Waals surface area contributed by atoms with Gasteiger partial charge in [-0.25, -0.2) is 4.98 Å². The summed E-state index contributed by atoms with van der Waals surface area (Å²) in [5.41, 5.74) is 0.712. The highest BCUT2D eigenvalue weighted by atomic mass is 16.3. The van der Waals surface area contributed by atoms with Crippen molar-refractivity contribution in [3.8, 4) is 0 Å². The van der Waals surface area contributed by atoms with Gasteiger partial charge in [-0.05, 0) is 30.2 Å². The van der Waals surface area contributed by atoms with Crippen LogP contribution in [0.5, 0.6) is 0 Å². The summed E-state index contributed by atoms with van der Waals surface area (Å²) in [5, 5.41) is 20.7. The summed E-state index contributed by atoms with van der Waals surface area (Å²) in [4.78, 5) is 6.89. The standard InChI is InChI=1S/C16H20N2O2/c19-8-6-12-5-7-18(10-12)16-15-4-2-1-3-13(15)9-14(11-20)17-16/h1-4,9,12,19-20H,5-8,10-11H2. The van der Waals surface area contributed by atoms with Gasteiger partial charge < -0.3 is 15.1 Å². The van der Waals surface area contributed by atoms with Crippen LogP contribution in [-0.4, -0.2) is 34.9 Å². The highest BCUT2D eigenvalue weighted by Crippen LogP contribution is 2.30. The van der Waals surface area contributed by atoms with E-state index in [0.717, 1.165) is 42.5 Å². The van der Waals surface area contributed by atoms with Crippen molar-refractivity contribution in [2.75, 3.05) is 24.6 Å². The fourth-order valence-corrected chi connectivity index (χ4v) is 3.00. The third kappa shape index (κ3) is 2.49. The van der Waals surface area contributed by atoms with Crippen LogP contribution in [0.1, 0.15) is 18.5 Å². The van der Waals surface area contributed by atoms with E-state index in [1.54, 1.807) is 0 Å². The molecule has 1 atom stereocenters. The highest BCUT2D eigenvalue weighted by Gasteiger charge is 2.24. The smallest absolute Gasteiger partial charge is 0.136 e. The normalized spacial score (nSPS) is 18.9. The third-order valence-corrected chi connectivity index (χ3v) is 4.06. The lowest BCUT2D eigenvalue weighted by Gasteiger charge is -2.20. The van der Waals surface area contributed by atoms with Crippen LogP contribution in [0.15, 0.2) is 30.3 Å². The van der Waals surface area contributed by atoms with E-state index >= 15 is 0 Å². The first-order valence-corrected chi connectivity index (χ1v) is 7.17. The number of fused-ring (bicyclic) bond motifs is 1. The summed E-state index contributed by atoms with van der Waals surface area (Å²) >= 11 is 0. The maximum absolute atomic E-state index is 9.39. The second-order valence-corrected chi connectivity index (χ2v) is 5.43.